The number of furan rings is 1. The van der Waals surface area contributed by atoms with Crippen LogP contribution >= 0.6 is 0 Å². The first-order valence-corrected chi connectivity index (χ1v) is 7.22. The van der Waals surface area contributed by atoms with Crippen LogP contribution in [0.25, 0.3) is 11.3 Å². The molecule has 21 heavy (non-hydrogen) atoms. The van der Waals surface area contributed by atoms with Crippen LogP contribution in [0.15, 0.2) is 40.8 Å². The maximum absolute atomic E-state index is 12.1. The molecule has 0 spiro atoms. The van der Waals surface area contributed by atoms with Crippen molar-refractivity contribution in [2.45, 2.75) is 31.7 Å². The van der Waals surface area contributed by atoms with Gasteiger partial charge in [-0.05, 0) is 37.1 Å². The Morgan fingerprint density at radius 2 is 1.81 bits per heavy atom. The van der Waals surface area contributed by atoms with E-state index in [1.165, 1.54) is 12.8 Å². The van der Waals surface area contributed by atoms with Crippen molar-refractivity contribution in [3.8, 4) is 11.3 Å². The van der Waals surface area contributed by atoms with Gasteiger partial charge in [0.2, 0.25) is 0 Å². The highest BCUT2D eigenvalue weighted by Crippen LogP contribution is 2.22. The quantitative estimate of drug-likeness (QED) is 0.874. The van der Waals surface area contributed by atoms with Crippen molar-refractivity contribution >= 4 is 12.2 Å². The van der Waals surface area contributed by atoms with E-state index in [2.05, 4.69) is 5.32 Å². The minimum atomic E-state index is -0.0264. The summed E-state index contributed by atoms with van der Waals surface area (Å²) < 4.78 is 5.36. The molecule has 1 N–H and O–H groups in total. The van der Waals surface area contributed by atoms with Crippen molar-refractivity contribution in [3.63, 3.8) is 0 Å². The molecule has 108 valence electrons. The Balaban J connectivity index is 1.70. The summed E-state index contributed by atoms with van der Waals surface area (Å²) in [5.74, 6) is 0.898. The SMILES string of the molecule is O=Cc1ccc(-c2ccc(C(=O)NC3CCCC3)cc2)o1. The summed E-state index contributed by atoms with van der Waals surface area (Å²) in [4.78, 5) is 22.7. The number of nitrogens with one attached hydrogen (secondary N) is 1. The number of carbonyl (C=O) groups is 2. The standard InChI is InChI=1S/C17H17NO3/c19-11-15-9-10-16(21-15)12-5-7-13(8-6-12)17(20)18-14-3-1-2-4-14/h5-11,14H,1-4H2,(H,18,20). The van der Waals surface area contributed by atoms with Crippen LogP contribution < -0.4 is 5.32 Å². The molecule has 4 nitrogen and oxygen atoms in total. The van der Waals surface area contributed by atoms with Gasteiger partial charge in [-0.15, -0.1) is 0 Å². The zero-order valence-electron chi connectivity index (χ0n) is 11.7. The van der Waals surface area contributed by atoms with Crippen molar-refractivity contribution in [2.24, 2.45) is 0 Å². The monoisotopic (exact) mass is 283 g/mol. The summed E-state index contributed by atoms with van der Waals surface area (Å²) in [5.41, 5.74) is 1.49. The summed E-state index contributed by atoms with van der Waals surface area (Å²) in [7, 11) is 0. The number of aldehydes is 1. The van der Waals surface area contributed by atoms with Crippen LogP contribution in [0.5, 0.6) is 0 Å². The van der Waals surface area contributed by atoms with Crippen LogP contribution in [-0.2, 0) is 0 Å². The predicted molar refractivity (Wildman–Crippen MR) is 79.3 cm³/mol. The van der Waals surface area contributed by atoms with E-state index < -0.39 is 0 Å². The lowest BCUT2D eigenvalue weighted by atomic mass is 10.1. The van der Waals surface area contributed by atoms with Crippen molar-refractivity contribution in [3.05, 3.63) is 47.7 Å². The lowest BCUT2D eigenvalue weighted by Gasteiger charge is -2.11. The fourth-order valence-corrected chi connectivity index (χ4v) is 2.70. The van der Waals surface area contributed by atoms with E-state index in [1.54, 1.807) is 24.3 Å². The summed E-state index contributed by atoms with van der Waals surface area (Å²) in [5, 5.41) is 3.06. The Kier molecular flexibility index (Phi) is 3.86. The van der Waals surface area contributed by atoms with Crippen LogP contribution in [0.2, 0.25) is 0 Å². The molecule has 1 aliphatic carbocycles. The lowest BCUT2D eigenvalue weighted by molar-refractivity contribution is 0.0937. The van der Waals surface area contributed by atoms with E-state index in [4.69, 9.17) is 4.42 Å². The molecule has 3 rings (SSSR count). The van der Waals surface area contributed by atoms with E-state index in [0.29, 0.717) is 29.4 Å². The second-order valence-electron chi connectivity index (χ2n) is 5.35. The molecule has 2 aromatic rings. The topological polar surface area (TPSA) is 59.3 Å². The predicted octanol–water partition coefficient (Wildman–Crippen LogP) is 3.43. The molecule has 0 atom stereocenters. The number of hydrogen-bond acceptors (Lipinski definition) is 3. The average molecular weight is 283 g/mol. The second-order valence-corrected chi connectivity index (χ2v) is 5.35. The minimum Gasteiger partial charge on any atom is -0.453 e. The smallest absolute Gasteiger partial charge is 0.251 e. The number of amides is 1. The molecular formula is C17H17NO3. The van der Waals surface area contributed by atoms with Gasteiger partial charge >= 0.3 is 0 Å². The summed E-state index contributed by atoms with van der Waals surface area (Å²) in [6.45, 7) is 0. The number of carbonyl (C=O) groups excluding carboxylic acids is 2. The van der Waals surface area contributed by atoms with Gasteiger partial charge in [0, 0.05) is 17.2 Å². The van der Waals surface area contributed by atoms with Gasteiger partial charge in [0.05, 0.1) is 0 Å². The molecular weight excluding hydrogens is 266 g/mol. The third-order valence-corrected chi connectivity index (χ3v) is 3.86. The maximum atomic E-state index is 12.1. The molecule has 0 radical (unpaired) electrons. The molecule has 1 amide bonds. The van der Waals surface area contributed by atoms with Gasteiger partial charge in [-0.2, -0.15) is 0 Å². The van der Waals surface area contributed by atoms with Crippen molar-refractivity contribution in [1.82, 2.24) is 5.32 Å². The fourth-order valence-electron chi connectivity index (χ4n) is 2.70. The Morgan fingerprint density at radius 3 is 2.43 bits per heavy atom. The molecule has 1 heterocycles. The fraction of sp³-hybridized carbons (Fsp3) is 0.294. The number of rotatable bonds is 4. The molecule has 0 bridgehead atoms. The summed E-state index contributed by atoms with van der Waals surface area (Å²) in [6, 6.07) is 10.9. The first-order chi connectivity index (χ1) is 10.3. The van der Waals surface area contributed by atoms with Crippen LogP contribution in [0.3, 0.4) is 0 Å². The van der Waals surface area contributed by atoms with Gasteiger partial charge in [0.25, 0.3) is 5.91 Å². The van der Waals surface area contributed by atoms with Crippen LogP contribution in [0, 0.1) is 0 Å². The highest BCUT2D eigenvalue weighted by atomic mass is 16.3. The third-order valence-electron chi connectivity index (χ3n) is 3.86. The maximum Gasteiger partial charge on any atom is 0.251 e. The largest absolute Gasteiger partial charge is 0.453 e. The van der Waals surface area contributed by atoms with E-state index in [1.807, 2.05) is 12.1 Å². The van der Waals surface area contributed by atoms with Crippen molar-refractivity contribution in [2.75, 3.05) is 0 Å². The average Bonchev–Trinajstić information content (AvgIpc) is 3.18. The van der Waals surface area contributed by atoms with Gasteiger partial charge < -0.3 is 9.73 Å². The molecule has 0 saturated heterocycles. The van der Waals surface area contributed by atoms with Gasteiger partial charge in [0.1, 0.15) is 5.76 Å². The van der Waals surface area contributed by atoms with E-state index in [-0.39, 0.29) is 5.91 Å². The highest BCUT2D eigenvalue weighted by Gasteiger charge is 2.17. The number of benzene rings is 1. The normalized spacial score (nSPS) is 15.0. The molecule has 0 unspecified atom stereocenters. The Hall–Kier alpha value is -2.36. The van der Waals surface area contributed by atoms with E-state index in [9.17, 15) is 9.59 Å². The Bertz CT molecular complexity index is 636. The lowest BCUT2D eigenvalue weighted by Crippen LogP contribution is -2.32. The Morgan fingerprint density at radius 1 is 1.10 bits per heavy atom. The van der Waals surface area contributed by atoms with Gasteiger partial charge in [0.15, 0.2) is 12.0 Å². The van der Waals surface area contributed by atoms with Gasteiger partial charge in [-0.3, -0.25) is 9.59 Å². The van der Waals surface area contributed by atoms with E-state index >= 15 is 0 Å². The van der Waals surface area contributed by atoms with Gasteiger partial charge in [-0.1, -0.05) is 25.0 Å². The molecule has 1 aromatic carbocycles. The Labute approximate surface area is 123 Å². The van der Waals surface area contributed by atoms with Crippen LogP contribution in [-0.4, -0.2) is 18.2 Å². The first kappa shape index (κ1) is 13.6. The van der Waals surface area contributed by atoms with Crippen LogP contribution in [0.4, 0.5) is 0 Å². The molecule has 1 aliphatic rings. The highest BCUT2D eigenvalue weighted by molar-refractivity contribution is 5.94. The summed E-state index contributed by atoms with van der Waals surface area (Å²) in [6.07, 6.45) is 5.21. The minimum absolute atomic E-state index is 0.0264. The summed E-state index contributed by atoms with van der Waals surface area (Å²) >= 11 is 0. The third kappa shape index (κ3) is 3.05. The number of hydrogen-bond donors (Lipinski definition) is 1. The first-order valence-electron chi connectivity index (χ1n) is 7.22. The van der Waals surface area contributed by atoms with Crippen LogP contribution in [0.1, 0.15) is 46.6 Å². The second kappa shape index (κ2) is 5.95. The molecule has 1 aromatic heterocycles. The van der Waals surface area contributed by atoms with E-state index in [0.717, 1.165) is 18.4 Å². The molecule has 1 saturated carbocycles. The molecule has 0 aliphatic heterocycles. The van der Waals surface area contributed by atoms with Gasteiger partial charge in [-0.25, -0.2) is 0 Å². The zero-order valence-corrected chi connectivity index (χ0v) is 11.7. The van der Waals surface area contributed by atoms with Crippen molar-refractivity contribution in [1.29, 1.82) is 0 Å². The molecule has 4 heteroatoms. The molecule has 1 fully saturated rings. The zero-order chi connectivity index (χ0) is 14.7. The van der Waals surface area contributed by atoms with Crippen molar-refractivity contribution < 1.29 is 14.0 Å².